The third-order valence-electron chi connectivity index (χ3n) is 4.90. The molecule has 0 bridgehead atoms. The molecule has 2 aliphatic rings. The van der Waals surface area contributed by atoms with Crippen LogP contribution in [0.3, 0.4) is 0 Å². The van der Waals surface area contributed by atoms with E-state index in [4.69, 9.17) is 14.0 Å². The van der Waals surface area contributed by atoms with Gasteiger partial charge < -0.3 is 14.0 Å². The van der Waals surface area contributed by atoms with E-state index in [1.807, 2.05) is 24.3 Å². The number of benzene rings is 1. The minimum absolute atomic E-state index is 0.295. The molecule has 0 unspecified atom stereocenters. The Labute approximate surface area is 128 Å². The quantitative estimate of drug-likeness (QED) is 0.779. The Morgan fingerprint density at radius 2 is 1.62 bits per heavy atom. The van der Waals surface area contributed by atoms with Gasteiger partial charge in [-0.15, -0.1) is 0 Å². The molecular formula is C17H25BO3. The minimum Gasteiger partial charge on any atom is -0.494 e. The second-order valence-electron chi connectivity index (χ2n) is 7.24. The first kappa shape index (κ1) is 14.9. The van der Waals surface area contributed by atoms with E-state index in [0.717, 1.165) is 23.7 Å². The molecule has 1 saturated heterocycles. The monoisotopic (exact) mass is 288 g/mol. The van der Waals surface area contributed by atoms with Crippen LogP contribution in [0.1, 0.15) is 47.0 Å². The standard InChI is InChI=1S/C17H25BO3/c1-16(2)17(3,4)21-18(20-16)14-7-9-15(10-8-14)19-12-11-13-5-6-13/h7-10,13H,5-6,11-12H2,1-4H3. The summed E-state index contributed by atoms with van der Waals surface area (Å²) in [6.45, 7) is 9.11. The molecular weight excluding hydrogens is 263 g/mol. The van der Waals surface area contributed by atoms with Gasteiger partial charge in [-0.3, -0.25) is 0 Å². The van der Waals surface area contributed by atoms with Crippen molar-refractivity contribution >= 4 is 12.6 Å². The molecule has 21 heavy (non-hydrogen) atoms. The third-order valence-corrected chi connectivity index (χ3v) is 4.90. The van der Waals surface area contributed by atoms with Crippen molar-refractivity contribution in [2.75, 3.05) is 6.61 Å². The fraction of sp³-hybridized carbons (Fsp3) is 0.647. The van der Waals surface area contributed by atoms with Crippen molar-refractivity contribution in [3.05, 3.63) is 24.3 Å². The van der Waals surface area contributed by atoms with Gasteiger partial charge in [0.15, 0.2) is 0 Å². The predicted octanol–water partition coefficient (Wildman–Crippen LogP) is 3.16. The second-order valence-corrected chi connectivity index (χ2v) is 7.24. The van der Waals surface area contributed by atoms with E-state index in [1.54, 1.807) is 0 Å². The Bertz CT molecular complexity index is 475. The van der Waals surface area contributed by atoms with Gasteiger partial charge in [-0.2, -0.15) is 0 Å². The van der Waals surface area contributed by atoms with Gasteiger partial charge in [0.25, 0.3) is 0 Å². The van der Waals surface area contributed by atoms with Crippen molar-refractivity contribution in [1.29, 1.82) is 0 Å². The maximum Gasteiger partial charge on any atom is 0.494 e. The molecule has 114 valence electrons. The van der Waals surface area contributed by atoms with Crippen LogP contribution in [0.25, 0.3) is 0 Å². The van der Waals surface area contributed by atoms with Crippen molar-refractivity contribution in [3.8, 4) is 5.75 Å². The largest absolute Gasteiger partial charge is 0.494 e. The molecule has 4 heteroatoms. The molecule has 0 amide bonds. The second kappa shape index (κ2) is 5.33. The molecule has 0 radical (unpaired) electrons. The van der Waals surface area contributed by atoms with Crippen molar-refractivity contribution in [2.45, 2.75) is 58.2 Å². The van der Waals surface area contributed by atoms with Crippen LogP contribution in [0.4, 0.5) is 0 Å². The summed E-state index contributed by atoms with van der Waals surface area (Å²) in [6.07, 6.45) is 3.94. The number of hydrogen-bond donors (Lipinski definition) is 0. The van der Waals surface area contributed by atoms with Crippen molar-refractivity contribution in [1.82, 2.24) is 0 Å². The highest BCUT2D eigenvalue weighted by molar-refractivity contribution is 6.62. The van der Waals surface area contributed by atoms with Crippen molar-refractivity contribution in [2.24, 2.45) is 5.92 Å². The molecule has 1 aliphatic carbocycles. The normalized spacial score (nSPS) is 23.3. The van der Waals surface area contributed by atoms with Gasteiger partial charge in [0.1, 0.15) is 5.75 Å². The summed E-state index contributed by atoms with van der Waals surface area (Å²) in [5.41, 5.74) is 0.456. The molecule has 0 spiro atoms. The van der Waals surface area contributed by atoms with Crippen LogP contribution in [0.5, 0.6) is 5.75 Å². The van der Waals surface area contributed by atoms with E-state index in [2.05, 4.69) is 27.7 Å². The van der Waals surface area contributed by atoms with Gasteiger partial charge >= 0.3 is 7.12 Å². The van der Waals surface area contributed by atoms with Crippen LogP contribution in [0.2, 0.25) is 0 Å². The summed E-state index contributed by atoms with van der Waals surface area (Å²) >= 11 is 0. The molecule has 1 saturated carbocycles. The fourth-order valence-electron chi connectivity index (χ4n) is 2.45. The number of ether oxygens (including phenoxy) is 1. The molecule has 0 N–H and O–H groups in total. The van der Waals surface area contributed by atoms with Gasteiger partial charge in [0, 0.05) is 0 Å². The molecule has 0 aromatic heterocycles. The summed E-state index contributed by atoms with van der Waals surface area (Å²) in [5, 5.41) is 0. The van der Waals surface area contributed by atoms with E-state index >= 15 is 0 Å². The Kier molecular flexibility index (Phi) is 3.79. The van der Waals surface area contributed by atoms with Gasteiger partial charge in [0.2, 0.25) is 0 Å². The van der Waals surface area contributed by atoms with E-state index < -0.39 is 0 Å². The van der Waals surface area contributed by atoms with Gasteiger partial charge in [0.05, 0.1) is 17.8 Å². The molecule has 1 aromatic carbocycles. The Hall–Kier alpha value is -0.995. The molecule has 3 nitrogen and oxygen atoms in total. The average Bonchev–Trinajstić information content (AvgIpc) is 3.18. The molecule has 1 aromatic rings. The maximum atomic E-state index is 6.05. The van der Waals surface area contributed by atoms with E-state index in [-0.39, 0.29) is 18.3 Å². The van der Waals surface area contributed by atoms with Crippen molar-refractivity contribution < 1.29 is 14.0 Å². The average molecular weight is 288 g/mol. The van der Waals surface area contributed by atoms with Gasteiger partial charge in [-0.25, -0.2) is 0 Å². The lowest BCUT2D eigenvalue weighted by Crippen LogP contribution is -2.41. The highest BCUT2D eigenvalue weighted by Gasteiger charge is 2.51. The Morgan fingerprint density at radius 1 is 1.05 bits per heavy atom. The smallest absolute Gasteiger partial charge is 0.494 e. The van der Waals surface area contributed by atoms with Crippen LogP contribution in [0, 0.1) is 5.92 Å². The van der Waals surface area contributed by atoms with Crippen LogP contribution < -0.4 is 10.2 Å². The van der Waals surface area contributed by atoms with Gasteiger partial charge in [-0.05, 0) is 57.6 Å². The Morgan fingerprint density at radius 3 is 2.14 bits per heavy atom. The van der Waals surface area contributed by atoms with E-state index in [0.29, 0.717) is 0 Å². The lowest BCUT2D eigenvalue weighted by Gasteiger charge is -2.32. The molecule has 3 rings (SSSR count). The first-order chi connectivity index (χ1) is 9.87. The lowest BCUT2D eigenvalue weighted by molar-refractivity contribution is 0.00578. The summed E-state index contributed by atoms with van der Waals surface area (Å²) in [5.74, 6) is 1.84. The highest BCUT2D eigenvalue weighted by atomic mass is 16.7. The zero-order valence-electron chi connectivity index (χ0n) is 13.5. The van der Waals surface area contributed by atoms with Crippen molar-refractivity contribution in [3.63, 3.8) is 0 Å². The zero-order valence-corrected chi connectivity index (χ0v) is 13.5. The summed E-state index contributed by atoms with van der Waals surface area (Å²) in [4.78, 5) is 0. The van der Waals surface area contributed by atoms with E-state index in [1.165, 1.54) is 19.3 Å². The highest BCUT2D eigenvalue weighted by Crippen LogP contribution is 2.36. The first-order valence-corrected chi connectivity index (χ1v) is 7.96. The molecule has 1 aliphatic heterocycles. The van der Waals surface area contributed by atoms with Crippen LogP contribution in [0.15, 0.2) is 24.3 Å². The SMILES string of the molecule is CC1(C)OB(c2ccc(OCCC3CC3)cc2)OC1(C)C. The molecule has 1 heterocycles. The first-order valence-electron chi connectivity index (χ1n) is 7.96. The number of hydrogen-bond acceptors (Lipinski definition) is 3. The fourth-order valence-corrected chi connectivity index (χ4v) is 2.45. The van der Waals surface area contributed by atoms with E-state index in [9.17, 15) is 0 Å². The van der Waals surface area contributed by atoms with Crippen LogP contribution in [-0.2, 0) is 9.31 Å². The topological polar surface area (TPSA) is 27.7 Å². The third kappa shape index (κ3) is 3.27. The summed E-state index contributed by atoms with van der Waals surface area (Å²) < 4.78 is 17.9. The summed E-state index contributed by atoms with van der Waals surface area (Å²) in [6, 6.07) is 8.09. The molecule has 0 atom stereocenters. The number of rotatable bonds is 5. The van der Waals surface area contributed by atoms with Gasteiger partial charge in [-0.1, -0.05) is 25.0 Å². The lowest BCUT2D eigenvalue weighted by atomic mass is 9.79. The molecule has 2 fully saturated rings. The zero-order chi connectivity index (χ0) is 15.1. The van der Waals surface area contributed by atoms with Crippen LogP contribution >= 0.6 is 0 Å². The predicted molar refractivity (Wildman–Crippen MR) is 85.0 cm³/mol. The Balaban J connectivity index is 1.59. The summed E-state index contributed by atoms with van der Waals surface area (Å²) in [7, 11) is -0.296. The maximum absolute atomic E-state index is 6.05. The van der Waals surface area contributed by atoms with Crippen LogP contribution in [-0.4, -0.2) is 24.9 Å². The minimum atomic E-state index is -0.296.